The Bertz CT molecular complexity index is 1340. The number of ether oxygens (including phenoxy) is 2. The molecule has 2 aromatic carbocycles. The second kappa shape index (κ2) is 12.8. The van der Waals surface area contributed by atoms with Crippen LogP contribution in [0.4, 0.5) is 0 Å². The summed E-state index contributed by atoms with van der Waals surface area (Å²) >= 11 is 0. The van der Waals surface area contributed by atoms with Crippen LogP contribution < -0.4 is 10.1 Å². The van der Waals surface area contributed by atoms with Gasteiger partial charge >= 0.3 is 5.97 Å². The number of rotatable bonds is 10. The number of para-hydroxylation sites is 1. The number of benzene rings is 2. The molecule has 0 unspecified atom stereocenters. The molecule has 2 fully saturated rings. The van der Waals surface area contributed by atoms with E-state index < -0.39 is 11.6 Å². The van der Waals surface area contributed by atoms with E-state index in [2.05, 4.69) is 10.3 Å². The van der Waals surface area contributed by atoms with Crippen LogP contribution in [0.2, 0.25) is 0 Å². The highest BCUT2D eigenvalue weighted by Crippen LogP contribution is 2.41. The molecule has 2 heterocycles. The van der Waals surface area contributed by atoms with Crippen molar-refractivity contribution in [1.82, 2.24) is 19.8 Å². The number of methoxy groups -OCH3 is 1. The first kappa shape index (κ1) is 28.8. The molecule has 0 bridgehead atoms. The van der Waals surface area contributed by atoms with Crippen molar-refractivity contribution in [3.63, 3.8) is 0 Å². The Morgan fingerprint density at radius 1 is 1.12 bits per heavy atom. The number of carboxylic acids is 1. The molecule has 1 amide bonds. The van der Waals surface area contributed by atoms with Gasteiger partial charge < -0.3 is 34.5 Å². The number of hydrogen-bond acceptors (Lipinski definition) is 7. The summed E-state index contributed by atoms with van der Waals surface area (Å²) in [5, 5.41) is 24.4. The van der Waals surface area contributed by atoms with Crippen molar-refractivity contribution in [2.45, 2.75) is 49.8 Å². The highest BCUT2D eigenvalue weighted by atomic mass is 16.5. The van der Waals surface area contributed by atoms with Crippen LogP contribution in [0, 0.1) is 0 Å². The van der Waals surface area contributed by atoms with E-state index in [0.717, 1.165) is 24.8 Å². The zero-order valence-electron chi connectivity index (χ0n) is 23.4. The van der Waals surface area contributed by atoms with Gasteiger partial charge in [0.1, 0.15) is 16.9 Å². The minimum absolute atomic E-state index is 0.108. The third-order valence-corrected chi connectivity index (χ3v) is 8.17. The van der Waals surface area contributed by atoms with Gasteiger partial charge in [-0.3, -0.25) is 4.79 Å². The summed E-state index contributed by atoms with van der Waals surface area (Å²) in [4.78, 5) is 32.2. The first-order valence-electron chi connectivity index (χ1n) is 14.2. The monoisotopic (exact) mass is 562 g/mol. The molecule has 10 heteroatoms. The van der Waals surface area contributed by atoms with E-state index in [-0.39, 0.29) is 36.8 Å². The summed E-state index contributed by atoms with van der Waals surface area (Å²) < 4.78 is 13.3. The minimum Gasteiger partial charge on any atom is -0.493 e. The number of nitrogens with zero attached hydrogens (tertiary/aromatic N) is 3. The van der Waals surface area contributed by atoms with Crippen molar-refractivity contribution in [1.29, 1.82) is 0 Å². The molecule has 1 saturated carbocycles. The molecular weight excluding hydrogens is 524 g/mol. The fourth-order valence-corrected chi connectivity index (χ4v) is 6.15. The van der Waals surface area contributed by atoms with Crippen molar-refractivity contribution < 1.29 is 29.3 Å². The van der Waals surface area contributed by atoms with E-state index in [4.69, 9.17) is 9.47 Å². The van der Waals surface area contributed by atoms with Gasteiger partial charge in [0.25, 0.3) is 5.91 Å². The maximum atomic E-state index is 14.2. The summed E-state index contributed by atoms with van der Waals surface area (Å²) in [5.41, 5.74) is 0.959. The summed E-state index contributed by atoms with van der Waals surface area (Å²) in [6, 6.07) is 15.8. The molecule has 1 aliphatic carbocycles. The maximum absolute atomic E-state index is 14.2. The van der Waals surface area contributed by atoms with Crippen LogP contribution in [-0.2, 0) is 4.74 Å². The number of carbonyl (C=O) groups excluding carboxylic acids is 1. The van der Waals surface area contributed by atoms with Crippen molar-refractivity contribution in [3.05, 3.63) is 72.2 Å². The van der Waals surface area contributed by atoms with E-state index in [1.54, 1.807) is 31.6 Å². The Hall–Kier alpha value is -3.73. The van der Waals surface area contributed by atoms with Crippen LogP contribution in [0.15, 0.2) is 60.9 Å². The Labute approximate surface area is 239 Å². The lowest BCUT2D eigenvalue weighted by Gasteiger charge is -2.41. The van der Waals surface area contributed by atoms with Crippen LogP contribution in [0.1, 0.15) is 59.0 Å². The number of amides is 1. The number of piperazine rings is 1. The van der Waals surface area contributed by atoms with Crippen molar-refractivity contribution in [3.8, 4) is 17.0 Å². The van der Waals surface area contributed by atoms with Gasteiger partial charge in [0.05, 0.1) is 31.3 Å². The fraction of sp³-hybridized carbons (Fsp3) is 0.452. The molecular formula is C31H38N4O6. The van der Waals surface area contributed by atoms with Gasteiger partial charge in [-0.1, -0.05) is 55.3 Å². The van der Waals surface area contributed by atoms with Crippen molar-refractivity contribution >= 4 is 11.9 Å². The number of aliphatic hydroxyl groups is 1. The zero-order valence-corrected chi connectivity index (χ0v) is 23.4. The average molecular weight is 563 g/mol. The van der Waals surface area contributed by atoms with Gasteiger partial charge in [-0.05, 0) is 25.0 Å². The number of aromatic carboxylic acids is 1. The standard InChI is InChI=1S/C31H38N4O6/c1-40-20-31(39)15-8-7-13-26(31)35-21-33-27(28(35)22-9-3-2-4-10-22)29(36)34-17-16-32-19-23(34)14-18-41-25-12-6-5-11-24(25)30(37)38/h2-6,9-12,21,23,26,32,39H,7-8,13-20H2,1H3,(H,37,38)/t23-,26-,31-/m1/s1. The summed E-state index contributed by atoms with van der Waals surface area (Å²) in [6.45, 7) is 2.22. The second-order valence-corrected chi connectivity index (χ2v) is 10.8. The fourth-order valence-electron chi connectivity index (χ4n) is 6.15. The molecule has 41 heavy (non-hydrogen) atoms. The molecule has 3 atom stereocenters. The summed E-state index contributed by atoms with van der Waals surface area (Å²) in [5.74, 6) is -0.912. The highest BCUT2D eigenvalue weighted by Gasteiger charge is 2.42. The third-order valence-electron chi connectivity index (χ3n) is 8.17. The Morgan fingerprint density at radius 2 is 1.90 bits per heavy atom. The van der Waals surface area contributed by atoms with Gasteiger partial charge in [0.15, 0.2) is 5.69 Å². The van der Waals surface area contributed by atoms with Crippen LogP contribution in [0.3, 0.4) is 0 Å². The minimum atomic E-state index is -1.06. The summed E-state index contributed by atoms with van der Waals surface area (Å²) in [7, 11) is 1.60. The van der Waals surface area contributed by atoms with Crippen molar-refractivity contribution in [2.75, 3.05) is 40.0 Å². The topological polar surface area (TPSA) is 126 Å². The molecule has 3 N–H and O–H groups in total. The predicted molar refractivity (Wildman–Crippen MR) is 153 cm³/mol. The molecule has 1 aliphatic heterocycles. The molecule has 1 aromatic heterocycles. The van der Waals surface area contributed by atoms with Crippen molar-refractivity contribution in [2.24, 2.45) is 0 Å². The molecule has 218 valence electrons. The highest BCUT2D eigenvalue weighted by molar-refractivity contribution is 5.98. The Morgan fingerprint density at radius 3 is 2.68 bits per heavy atom. The lowest BCUT2D eigenvalue weighted by molar-refractivity contribution is -0.0893. The second-order valence-electron chi connectivity index (χ2n) is 10.8. The number of carbonyl (C=O) groups is 2. The number of carboxylic acid groups (broad SMARTS) is 1. The normalized spacial score (nSPS) is 22.8. The van der Waals surface area contributed by atoms with Crippen LogP contribution in [-0.4, -0.2) is 88.1 Å². The van der Waals surface area contributed by atoms with Gasteiger partial charge in [0, 0.05) is 44.8 Å². The molecule has 0 spiro atoms. The van der Waals surface area contributed by atoms with Gasteiger partial charge in [-0.25, -0.2) is 9.78 Å². The Kier molecular flexibility index (Phi) is 9.02. The van der Waals surface area contributed by atoms with E-state index in [9.17, 15) is 19.8 Å². The van der Waals surface area contributed by atoms with Gasteiger partial charge in [-0.2, -0.15) is 0 Å². The van der Waals surface area contributed by atoms with E-state index in [1.165, 1.54) is 6.07 Å². The number of nitrogens with one attached hydrogen (secondary N) is 1. The Balaban J connectivity index is 1.42. The first-order chi connectivity index (χ1) is 19.9. The average Bonchev–Trinajstić information content (AvgIpc) is 3.43. The van der Waals surface area contributed by atoms with Gasteiger partial charge in [0.2, 0.25) is 0 Å². The van der Waals surface area contributed by atoms with E-state index in [0.29, 0.717) is 49.6 Å². The van der Waals surface area contributed by atoms with E-state index >= 15 is 0 Å². The number of aromatic nitrogens is 2. The van der Waals surface area contributed by atoms with Crippen LogP contribution in [0.25, 0.3) is 11.3 Å². The molecule has 2 aliphatic rings. The molecule has 5 rings (SSSR count). The molecule has 3 aromatic rings. The zero-order chi connectivity index (χ0) is 28.8. The molecule has 1 saturated heterocycles. The quantitative estimate of drug-likeness (QED) is 0.342. The number of hydrogen-bond donors (Lipinski definition) is 3. The molecule has 0 radical (unpaired) electrons. The lowest BCUT2D eigenvalue weighted by atomic mass is 9.80. The third kappa shape index (κ3) is 6.14. The largest absolute Gasteiger partial charge is 0.493 e. The van der Waals surface area contributed by atoms with Crippen LogP contribution in [0.5, 0.6) is 5.75 Å². The number of imidazole rings is 1. The van der Waals surface area contributed by atoms with Crippen LogP contribution >= 0.6 is 0 Å². The van der Waals surface area contributed by atoms with E-state index in [1.807, 2.05) is 39.8 Å². The van der Waals surface area contributed by atoms with Gasteiger partial charge in [-0.15, -0.1) is 0 Å². The SMILES string of the molecule is COC[C@]1(O)CCCC[C@H]1n1cnc(C(=O)N2CCNC[C@H]2CCOc2ccccc2C(=O)O)c1-c1ccccc1. The maximum Gasteiger partial charge on any atom is 0.339 e. The predicted octanol–water partition coefficient (Wildman–Crippen LogP) is 3.62. The smallest absolute Gasteiger partial charge is 0.339 e. The lowest BCUT2D eigenvalue weighted by Crippen LogP contribution is -2.54. The summed E-state index contributed by atoms with van der Waals surface area (Å²) in [6.07, 6.45) is 5.47. The first-order valence-corrected chi connectivity index (χ1v) is 14.2. The molecule has 10 nitrogen and oxygen atoms in total.